The van der Waals surface area contributed by atoms with Crippen LogP contribution in [0.5, 0.6) is 11.5 Å². The van der Waals surface area contributed by atoms with Crippen LogP contribution in [0.25, 0.3) is 0 Å². The maximum Gasteiger partial charge on any atom is 0.166 e. The van der Waals surface area contributed by atoms with Gasteiger partial charge < -0.3 is 15.2 Å². The molecule has 1 aliphatic rings. The van der Waals surface area contributed by atoms with Gasteiger partial charge in [-0.3, -0.25) is 0 Å². The molecule has 0 saturated carbocycles. The lowest BCUT2D eigenvalue weighted by Crippen LogP contribution is -2.19. The van der Waals surface area contributed by atoms with Crippen molar-refractivity contribution in [1.29, 1.82) is 0 Å². The van der Waals surface area contributed by atoms with Crippen LogP contribution in [-0.2, 0) is 6.42 Å². The lowest BCUT2D eigenvalue weighted by atomic mass is 9.98. The first-order valence-electron chi connectivity index (χ1n) is 7.02. The Morgan fingerprint density at radius 1 is 0.950 bits per heavy atom. The minimum absolute atomic E-state index is 0.0353. The fraction of sp³-hybridized carbons (Fsp3) is 0.294. The van der Waals surface area contributed by atoms with Gasteiger partial charge in [0.15, 0.2) is 11.5 Å². The number of rotatable bonds is 4. The average molecular weight is 269 g/mol. The van der Waals surface area contributed by atoms with Crippen LogP contribution in [-0.4, -0.2) is 13.2 Å². The number of fused-ring (bicyclic) bond motifs is 1. The number of para-hydroxylation sites is 1. The van der Waals surface area contributed by atoms with Crippen LogP contribution in [0.3, 0.4) is 0 Å². The van der Waals surface area contributed by atoms with Crippen molar-refractivity contribution in [2.75, 3.05) is 13.2 Å². The van der Waals surface area contributed by atoms with E-state index in [1.807, 2.05) is 24.3 Å². The maximum atomic E-state index is 6.33. The molecule has 1 aliphatic heterocycles. The molecule has 0 saturated heterocycles. The Bertz CT molecular complexity index is 568. The van der Waals surface area contributed by atoms with Crippen molar-refractivity contribution >= 4 is 0 Å². The van der Waals surface area contributed by atoms with E-state index in [1.54, 1.807) is 0 Å². The highest BCUT2D eigenvalue weighted by Crippen LogP contribution is 2.37. The van der Waals surface area contributed by atoms with Gasteiger partial charge in [0.25, 0.3) is 0 Å². The van der Waals surface area contributed by atoms with Crippen LogP contribution in [0.2, 0.25) is 0 Å². The Balaban J connectivity index is 1.72. The molecule has 1 atom stereocenters. The topological polar surface area (TPSA) is 44.5 Å². The van der Waals surface area contributed by atoms with Crippen molar-refractivity contribution in [2.24, 2.45) is 5.73 Å². The molecule has 20 heavy (non-hydrogen) atoms. The zero-order valence-electron chi connectivity index (χ0n) is 11.4. The van der Waals surface area contributed by atoms with Gasteiger partial charge in [0.05, 0.1) is 0 Å². The summed E-state index contributed by atoms with van der Waals surface area (Å²) >= 11 is 0. The molecule has 0 aromatic heterocycles. The Kier molecular flexibility index (Phi) is 3.88. The van der Waals surface area contributed by atoms with E-state index in [-0.39, 0.29) is 6.04 Å². The van der Waals surface area contributed by atoms with Gasteiger partial charge in [-0.1, -0.05) is 42.5 Å². The number of nitrogens with two attached hydrogens (primary N) is 1. The molecule has 2 aromatic rings. The van der Waals surface area contributed by atoms with E-state index < -0.39 is 0 Å². The van der Waals surface area contributed by atoms with Crippen LogP contribution in [0.1, 0.15) is 23.6 Å². The van der Waals surface area contributed by atoms with Gasteiger partial charge in [0, 0.05) is 11.6 Å². The van der Waals surface area contributed by atoms with Crippen LogP contribution in [0.4, 0.5) is 0 Å². The van der Waals surface area contributed by atoms with E-state index in [2.05, 4.69) is 24.3 Å². The van der Waals surface area contributed by atoms with E-state index in [4.69, 9.17) is 15.2 Å². The second-order valence-electron chi connectivity index (χ2n) is 5.00. The Labute approximate surface area is 119 Å². The van der Waals surface area contributed by atoms with Crippen LogP contribution >= 0.6 is 0 Å². The van der Waals surface area contributed by atoms with Gasteiger partial charge in [-0.2, -0.15) is 0 Å². The monoisotopic (exact) mass is 269 g/mol. The van der Waals surface area contributed by atoms with E-state index in [0.717, 1.165) is 29.9 Å². The quantitative estimate of drug-likeness (QED) is 0.927. The number of ether oxygens (including phenoxy) is 2. The maximum absolute atomic E-state index is 6.33. The first kappa shape index (κ1) is 13.0. The smallest absolute Gasteiger partial charge is 0.166 e. The minimum Gasteiger partial charge on any atom is -0.486 e. The van der Waals surface area contributed by atoms with Crippen molar-refractivity contribution in [1.82, 2.24) is 0 Å². The minimum atomic E-state index is -0.0353. The highest BCUT2D eigenvalue weighted by Gasteiger charge is 2.19. The molecule has 0 radical (unpaired) electrons. The summed E-state index contributed by atoms with van der Waals surface area (Å²) < 4.78 is 11.3. The molecule has 0 amide bonds. The molecule has 3 rings (SSSR count). The molecule has 3 heteroatoms. The SMILES string of the molecule is NC(CCc1ccccc1)c1cccc2c1OCCO2. The molecule has 1 unspecified atom stereocenters. The molecule has 1 heterocycles. The van der Waals surface area contributed by atoms with Crippen molar-refractivity contribution in [3.63, 3.8) is 0 Å². The summed E-state index contributed by atoms with van der Waals surface area (Å²) in [5.74, 6) is 1.63. The van der Waals surface area contributed by atoms with Crippen LogP contribution in [0.15, 0.2) is 48.5 Å². The molecule has 2 N–H and O–H groups in total. The lowest BCUT2D eigenvalue weighted by molar-refractivity contribution is 0.169. The van der Waals surface area contributed by atoms with Crippen LogP contribution in [0, 0.1) is 0 Å². The molecule has 104 valence electrons. The van der Waals surface area contributed by atoms with E-state index in [9.17, 15) is 0 Å². The average Bonchev–Trinajstić information content (AvgIpc) is 2.53. The summed E-state index contributed by atoms with van der Waals surface area (Å²) in [4.78, 5) is 0. The van der Waals surface area contributed by atoms with Gasteiger partial charge in [-0.15, -0.1) is 0 Å². The van der Waals surface area contributed by atoms with Crippen LogP contribution < -0.4 is 15.2 Å². The number of hydrogen-bond acceptors (Lipinski definition) is 3. The Hall–Kier alpha value is -2.00. The van der Waals surface area contributed by atoms with Gasteiger partial charge in [-0.25, -0.2) is 0 Å². The third-order valence-corrected chi connectivity index (χ3v) is 3.58. The van der Waals surface area contributed by atoms with E-state index in [1.165, 1.54) is 5.56 Å². The van der Waals surface area contributed by atoms with E-state index in [0.29, 0.717) is 13.2 Å². The summed E-state index contributed by atoms with van der Waals surface area (Å²) in [5, 5.41) is 0. The molecule has 2 aromatic carbocycles. The Morgan fingerprint density at radius 2 is 1.75 bits per heavy atom. The summed E-state index contributed by atoms with van der Waals surface area (Å²) in [6.45, 7) is 1.20. The van der Waals surface area contributed by atoms with Crippen molar-refractivity contribution in [3.05, 3.63) is 59.7 Å². The molecular weight excluding hydrogens is 250 g/mol. The fourth-order valence-electron chi connectivity index (χ4n) is 2.51. The Morgan fingerprint density at radius 3 is 2.60 bits per heavy atom. The predicted octanol–water partition coefficient (Wildman–Crippen LogP) is 3.09. The highest BCUT2D eigenvalue weighted by molar-refractivity contribution is 5.48. The predicted molar refractivity (Wildman–Crippen MR) is 79.1 cm³/mol. The molecule has 0 spiro atoms. The molecule has 0 bridgehead atoms. The fourth-order valence-corrected chi connectivity index (χ4v) is 2.51. The summed E-state index contributed by atoms with van der Waals surface area (Å²) in [6, 6.07) is 16.3. The molecule has 0 aliphatic carbocycles. The second-order valence-corrected chi connectivity index (χ2v) is 5.00. The first-order chi connectivity index (χ1) is 9.84. The largest absolute Gasteiger partial charge is 0.486 e. The summed E-state index contributed by atoms with van der Waals surface area (Å²) in [6.07, 6.45) is 1.86. The molecular formula is C17H19NO2. The zero-order chi connectivity index (χ0) is 13.8. The third kappa shape index (κ3) is 2.78. The first-order valence-corrected chi connectivity index (χ1v) is 7.02. The zero-order valence-corrected chi connectivity index (χ0v) is 11.4. The summed E-state index contributed by atoms with van der Waals surface area (Å²) in [7, 11) is 0. The van der Waals surface area contributed by atoms with Crippen molar-refractivity contribution < 1.29 is 9.47 Å². The van der Waals surface area contributed by atoms with Gasteiger partial charge >= 0.3 is 0 Å². The van der Waals surface area contributed by atoms with Crippen molar-refractivity contribution in [3.8, 4) is 11.5 Å². The number of aryl methyl sites for hydroxylation is 1. The summed E-state index contributed by atoms with van der Waals surface area (Å²) in [5.41, 5.74) is 8.68. The van der Waals surface area contributed by atoms with Gasteiger partial charge in [-0.05, 0) is 24.5 Å². The van der Waals surface area contributed by atoms with Crippen molar-refractivity contribution in [2.45, 2.75) is 18.9 Å². The third-order valence-electron chi connectivity index (χ3n) is 3.58. The molecule has 0 fully saturated rings. The van der Waals surface area contributed by atoms with Gasteiger partial charge in [0.2, 0.25) is 0 Å². The second kappa shape index (κ2) is 5.97. The van der Waals surface area contributed by atoms with E-state index >= 15 is 0 Å². The molecule has 3 nitrogen and oxygen atoms in total. The number of benzene rings is 2. The normalized spacial score (nSPS) is 14.8. The van der Waals surface area contributed by atoms with Gasteiger partial charge in [0.1, 0.15) is 13.2 Å². The number of hydrogen-bond donors (Lipinski definition) is 1. The standard InChI is InChI=1S/C17H19NO2/c18-15(10-9-13-5-2-1-3-6-13)14-7-4-8-16-17(14)20-12-11-19-16/h1-8,15H,9-12,18H2. The lowest BCUT2D eigenvalue weighted by Gasteiger charge is -2.23. The highest BCUT2D eigenvalue weighted by atomic mass is 16.6.